The SMILES string of the molecule is NC1=NC(c2cccc(Cl)c2Cl)NC(=S)N1. The summed E-state index contributed by atoms with van der Waals surface area (Å²) in [7, 11) is 0. The normalized spacial score (nSPS) is 19.8. The summed E-state index contributed by atoms with van der Waals surface area (Å²) in [4.78, 5) is 4.15. The van der Waals surface area contributed by atoms with Crippen LogP contribution in [0.4, 0.5) is 0 Å². The number of benzene rings is 1. The van der Waals surface area contributed by atoms with Crippen molar-refractivity contribution in [1.29, 1.82) is 0 Å². The third kappa shape index (κ3) is 2.21. The van der Waals surface area contributed by atoms with Gasteiger partial charge in [-0.3, -0.25) is 0 Å². The number of nitrogens with zero attached hydrogens (tertiary/aromatic N) is 1. The zero-order valence-electron chi connectivity index (χ0n) is 8.00. The van der Waals surface area contributed by atoms with E-state index >= 15 is 0 Å². The zero-order valence-corrected chi connectivity index (χ0v) is 10.3. The van der Waals surface area contributed by atoms with Gasteiger partial charge in [0.05, 0.1) is 10.0 Å². The molecule has 0 spiro atoms. The molecule has 0 saturated heterocycles. The summed E-state index contributed by atoms with van der Waals surface area (Å²) in [6, 6.07) is 5.32. The molecule has 1 aromatic rings. The molecule has 0 saturated carbocycles. The Labute approximate surface area is 108 Å². The van der Waals surface area contributed by atoms with Crippen molar-refractivity contribution in [2.45, 2.75) is 6.17 Å². The van der Waals surface area contributed by atoms with E-state index in [1.165, 1.54) is 0 Å². The Hall–Kier alpha value is -1.04. The van der Waals surface area contributed by atoms with Gasteiger partial charge in [-0.15, -0.1) is 0 Å². The fourth-order valence-electron chi connectivity index (χ4n) is 1.36. The molecular formula is C9H8Cl2N4S. The van der Waals surface area contributed by atoms with Gasteiger partial charge in [0, 0.05) is 5.56 Å². The quantitative estimate of drug-likeness (QED) is 0.684. The minimum absolute atomic E-state index is 0.254. The maximum absolute atomic E-state index is 6.08. The zero-order chi connectivity index (χ0) is 11.7. The maximum Gasteiger partial charge on any atom is 0.197 e. The Bertz CT molecular complexity index is 475. The van der Waals surface area contributed by atoms with E-state index in [1.54, 1.807) is 12.1 Å². The molecule has 1 heterocycles. The van der Waals surface area contributed by atoms with E-state index < -0.39 is 6.17 Å². The van der Waals surface area contributed by atoms with Crippen LogP contribution in [-0.2, 0) is 0 Å². The highest BCUT2D eigenvalue weighted by atomic mass is 35.5. The molecule has 0 amide bonds. The van der Waals surface area contributed by atoms with Gasteiger partial charge in [0.25, 0.3) is 0 Å². The van der Waals surface area contributed by atoms with Crippen LogP contribution in [-0.4, -0.2) is 11.1 Å². The van der Waals surface area contributed by atoms with Crippen molar-refractivity contribution in [3.8, 4) is 0 Å². The minimum atomic E-state index is -0.403. The molecule has 0 aliphatic carbocycles. The Morgan fingerprint density at radius 2 is 2.12 bits per heavy atom. The van der Waals surface area contributed by atoms with Gasteiger partial charge in [-0.25, -0.2) is 4.99 Å². The molecule has 4 N–H and O–H groups in total. The smallest absolute Gasteiger partial charge is 0.197 e. The van der Waals surface area contributed by atoms with Crippen LogP contribution >= 0.6 is 35.4 Å². The number of nitrogens with one attached hydrogen (secondary N) is 2. The molecule has 1 atom stereocenters. The first-order chi connectivity index (χ1) is 7.58. The molecule has 1 unspecified atom stereocenters. The van der Waals surface area contributed by atoms with Crippen molar-refractivity contribution < 1.29 is 0 Å². The average Bonchev–Trinajstić information content (AvgIpc) is 2.20. The van der Waals surface area contributed by atoms with Gasteiger partial charge in [0.1, 0.15) is 0 Å². The molecule has 0 fully saturated rings. The Kier molecular flexibility index (Phi) is 3.18. The summed E-state index contributed by atoms with van der Waals surface area (Å²) in [5, 5.41) is 6.96. The fourth-order valence-corrected chi connectivity index (χ4v) is 1.99. The highest BCUT2D eigenvalue weighted by molar-refractivity contribution is 7.80. The van der Waals surface area contributed by atoms with Crippen molar-refractivity contribution in [3.63, 3.8) is 0 Å². The fraction of sp³-hybridized carbons (Fsp3) is 0.111. The molecule has 16 heavy (non-hydrogen) atoms. The van der Waals surface area contributed by atoms with Gasteiger partial charge in [0.15, 0.2) is 17.2 Å². The van der Waals surface area contributed by atoms with Gasteiger partial charge in [-0.1, -0.05) is 35.3 Å². The number of aliphatic imine (C=N–C) groups is 1. The van der Waals surface area contributed by atoms with E-state index in [2.05, 4.69) is 15.6 Å². The number of hydrogen-bond donors (Lipinski definition) is 3. The molecule has 1 aliphatic rings. The molecule has 84 valence electrons. The van der Waals surface area contributed by atoms with Crippen LogP contribution in [0.25, 0.3) is 0 Å². The van der Waals surface area contributed by atoms with E-state index in [4.69, 9.17) is 41.2 Å². The van der Waals surface area contributed by atoms with Crippen molar-refractivity contribution in [2.75, 3.05) is 0 Å². The maximum atomic E-state index is 6.08. The van der Waals surface area contributed by atoms with E-state index in [-0.39, 0.29) is 5.96 Å². The van der Waals surface area contributed by atoms with E-state index in [0.29, 0.717) is 15.2 Å². The largest absolute Gasteiger partial charge is 0.370 e. The van der Waals surface area contributed by atoms with Crippen molar-refractivity contribution in [1.82, 2.24) is 10.6 Å². The lowest BCUT2D eigenvalue weighted by molar-refractivity contribution is 0.660. The summed E-state index contributed by atoms with van der Waals surface area (Å²) in [5.41, 5.74) is 6.31. The van der Waals surface area contributed by atoms with Crippen LogP contribution in [0.1, 0.15) is 11.7 Å². The first-order valence-electron chi connectivity index (χ1n) is 4.42. The van der Waals surface area contributed by atoms with Gasteiger partial charge < -0.3 is 16.4 Å². The second-order valence-electron chi connectivity index (χ2n) is 3.16. The van der Waals surface area contributed by atoms with Gasteiger partial charge >= 0.3 is 0 Å². The molecular weight excluding hydrogens is 267 g/mol. The molecule has 1 aromatic carbocycles. The summed E-state index contributed by atoms with van der Waals surface area (Å²) < 4.78 is 0. The third-order valence-corrected chi connectivity index (χ3v) is 3.11. The van der Waals surface area contributed by atoms with Gasteiger partial charge in [-0.05, 0) is 18.3 Å². The topological polar surface area (TPSA) is 62.4 Å². The van der Waals surface area contributed by atoms with Gasteiger partial charge in [-0.2, -0.15) is 0 Å². The summed E-state index contributed by atoms with van der Waals surface area (Å²) in [6.45, 7) is 0. The number of halogens is 2. The lowest BCUT2D eigenvalue weighted by atomic mass is 10.1. The molecule has 7 heteroatoms. The third-order valence-electron chi connectivity index (χ3n) is 2.05. The van der Waals surface area contributed by atoms with E-state index in [9.17, 15) is 0 Å². The molecule has 1 aliphatic heterocycles. The van der Waals surface area contributed by atoms with E-state index in [1.807, 2.05) is 6.07 Å². The number of hydrogen-bond acceptors (Lipinski definition) is 3. The highest BCUT2D eigenvalue weighted by Crippen LogP contribution is 2.30. The Morgan fingerprint density at radius 3 is 2.81 bits per heavy atom. The van der Waals surface area contributed by atoms with Crippen LogP contribution in [0.3, 0.4) is 0 Å². The molecule has 0 radical (unpaired) electrons. The lowest BCUT2D eigenvalue weighted by Crippen LogP contribution is -2.49. The van der Waals surface area contributed by atoms with Crippen LogP contribution in [0.5, 0.6) is 0 Å². The number of thiocarbonyl (C=S) groups is 1. The van der Waals surface area contributed by atoms with E-state index in [0.717, 1.165) is 5.56 Å². The standard InChI is InChI=1S/C9H8Cl2N4S/c10-5-3-1-2-4(6(5)11)7-13-8(12)15-9(16)14-7/h1-3,7H,(H4,12,13,14,15,16). The monoisotopic (exact) mass is 274 g/mol. The number of rotatable bonds is 1. The molecule has 2 rings (SSSR count). The van der Waals surface area contributed by atoms with Crippen LogP contribution in [0.15, 0.2) is 23.2 Å². The first kappa shape index (κ1) is 11.4. The number of guanidine groups is 1. The second kappa shape index (κ2) is 4.45. The van der Waals surface area contributed by atoms with Crippen LogP contribution in [0, 0.1) is 0 Å². The van der Waals surface area contributed by atoms with Crippen LogP contribution < -0.4 is 16.4 Å². The van der Waals surface area contributed by atoms with Gasteiger partial charge in [0.2, 0.25) is 0 Å². The minimum Gasteiger partial charge on any atom is -0.370 e. The summed E-state index contributed by atoms with van der Waals surface area (Å²) >= 11 is 17.0. The van der Waals surface area contributed by atoms with Crippen molar-refractivity contribution in [3.05, 3.63) is 33.8 Å². The predicted octanol–water partition coefficient (Wildman–Crippen LogP) is 1.78. The lowest BCUT2D eigenvalue weighted by Gasteiger charge is -2.23. The predicted molar refractivity (Wildman–Crippen MR) is 69.7 cm³/mol. The molecule has 0 bridgehead atoms. The molecule has 0 aromatic heterocycles. The Balaban J connectivity index is 2.41. The first-order valence-corrected chi connectivity index (χ1v) is 5.59. The summed E-state index contributed by atoms with van der Waals surface area (Å²) in [6.07, 6.45) is -0.403. The second-order valence-corrected chi connectivity index (χ2v) is 4.35. The molecule has 4 nitrogen and oxygen atoms in total. The average molecular weight is 275 g/mol. The van der Waals surface area contributed by atoms with Crippen LogP contribution in [0.2, 0.25) is 10.0 Å². The van der Waals surface area contributed by atoms with Crippen molar-refractivity contribution >= 4 is 46.5 Å². The summed E-state index contributed by atoms with van der Waals surface area (Å²) in [5.74, 6) is 0.254. The Morgan fingerprint density at radius 1 is 1.38 bits per heavy atom. The number of nitrogens with two attached hydrogens (primary N) is 1. The highest BCUT2D eigenvalue weighted by Gasteiger charge is 2.20. The van der Waals surface area contributed by atoms with Crippen molar-refractivity contribution in [2.24, 2.45) is 10.7 Å².